The number of aromatic nitrogens is 4. The van der Waals surface area contributed by atoms with Gasteiger partial charge in [-0.2, -0.15) is 4.98 Å². The number of aliphatic carboxylic acids is 1. The Morgan fingerprint density at radius 1 is 1.05 bits per heavy atom. The molecule has 3 rings (SSSR count). The molecule has 220 valence electrons. The SMILES string of the molecule is NCCOCCOCCNC(=O)CC[C@@H](NC(=O)c1ccc(NCc2cnc3nc(N)[nH]c(=O)c3n2)cc1)C(=O)O. The van der Waals surface area contributed by atoms with E-state index in [1.54, 1.807) is 12.1 Å². The highest BCUT2D eigenvalue weighted by Gasteiger charge is 2.21. The predicted octanol–water partition coefficient (Wildman–Crippen LogP) is -1.02. The summed E-state index contributed by atoms with van der Waals surface area (Å²) >= 11 is 0. The normalized spacial score (nSPS) is 11.6. The van der Waals surface area contributed by atoms with Crippen LogP contribution in [0.4, 0.5) is 11.6 Å². The van der Waals surface area contributed by atoms with Gasteiger partial charge in [-0.25, -0.2) is 14.8 Å². The van der Waals surface area contributed by atoms with E-state index in [1.807, 2.05) is 0 Å². The highest BCUT2D eigenvalue weighted by atomic mass is 16.5. The van der Waals surface area contributed by atoms with Gasteiger partial charge >= 0.3 is 5.97 Å². The molecule has 0 aliphatic rings. The van der Waals surface area contributed by atoms with Crippen molar-refractivity contribution in [3.63, 3.8) is 0 Å². The van der Waals surface area contributed by atoms with E-state index in [9.17, 15) is 24.3 Å². The molecule has 0 saturated heterocycles. The lowest BCUT2D eigenvalue weighted by molar-refractivity contribution is -0.139. The van der Waals surface area contributed by atoms with Crippen LogP contribution in [0.25, 0.3) is 11.2 Å². The number of hydrogen-bond donors (Lipinski definition) is 7. The van der Waals surface area contributed by atoms with Crippen LogP contribution < -0.4 is 33.0 Å². The van der Waals surface area contributed by atoms with E-state index in [2.05, 4.69) is 35.9 Å². The number of benzene rings is 1. The molecule has 0 spiro atoms. The average molecular weight is 572 g/mol. The number of carbonyl (C=O) groups is 3. The minimum Gasteiger partial charge on any atom is -0.480 e. The van der Waals surface area contributed by atoms with Gasteiger partial charge in [-0.15, -0.1) is 0 Å². The van der Waals surface area contributed by atoms with E-state index in [0.717, 1.165) is 0 Å². The van der Waals surface area contributed by atoms with Crippen LogP contribution in [0.5, 0.6) is 0 Å². The predicted molar refractivity (Wildman–Crippen MR) is 148 cm³/mol. The summed E-state index contributed by atoms with van der Waals surface area (Å²) in [6, 6.07) is 5.06. The highest BCUT2D eigenvalue weighted by molar-refractivity contribution is 5.97. The molecule has 0 unspecified atom stereocenters. The molecule has 1 aromatic carbocycles. The second-order valence-electron chi connectivity index (χ2n) is 8.68. The van der Waals surface area contributed by atoms with Crippen LogP contribution >= 0.6 is 0 Å². The van der Waals surface area contributed by atoms with Crippen LogP contribution in [0.3, 0.4) is 0 Å². The van der Waals surface area contributed by atoms with Gasteiger partial charge in [0, 0.05) is 30.8 Å². The number of fused-ring (bicyclic) bond motifs is 1. The number of amides is 2. The number of hydrogen-bond acceptors (Lipinski definition) is 12. The molecule has 3 aromatic rings. The molecule has 2 aromatic heterocycles. The van der Waals surface area contributed by atoms with Crippen molar-refractivity contribution in [2.45, 2.75) is 25.4 Å². The van der Waals surface area contributed by atoms with Crippen molar-refractivity contribution in [2.24, 2.45) is 5.73 Å². The van der Waals surface area contributed by atoms with Crippen molar-refractivity contribution in [1.29, 1.82) is 0 Å². The maximum atomic E-state index is 12.6. The summed E-state index contributed by atoms with van der Waals surface area (Å²) in [5.41, 5.74) is 11.9. The van der Waals surface area contributed by atoms with Crippen molar-refractivity contribution >= 4 is 40.6 Å². The maximum Gasteiger partial charge on any atom is 0.326 e. The summed E-state index contributed by atoms with van der Waals surface area (Å²) in [4.78, 5) is 63.0. The van der Waals surface area contributed by atoms with E-state index in [4.69, 9.17) is 20.9 Å². The summed E-state index contributed by atoms with van der Waals surface area (Å²) in [5.74, 6) is -2.25. The fourth-order valence-corrected chi connectivity index (χ4v) is 3.52. The van der Waals surface area contributed by atoms with Crippen molar-refractivity contribution < 1.29 is 29.0 Å². The van der Waals surface area contributed by atoms with Crippen LogP contribution in [0, 0.1) is 0 Å². The van der Waals surface area contributed by atoms with E-state index < -0.39 is 23.5 Å². The summed E-state index contributed by atoms with van der Waals surface area (Å²) in [6.45, 7) is 2.44. The Morgan fingerprint density at radius 3 is 2.49 bits per heavy atom. The molecule has 0 fully saturated rings. The first-order valence-corrected chi connectivity index (χ1v) is 12.8. The molecule has 16 heteroatoms. The van der Waals surface area contributed by atoms with Crippen LogP contribution in [0.15, 0.2) is 35.3 Å². The number of carbonyl (C=O) groups excluding carboxylic acids is 2. The minimum absolute atomic E-state index is 0.0506. The number of H-pyrrole nitrogens is 1. The number of nitrogens with two attached hydrogens (primary N) is 2. The smallest absolute Gasteiger partial charge is 0.326 e. The van der Waals surface area contributed by atoms with Crippen molar-refractivity contribution in [3.05, 3.63) is 52.1 Å². The molecule has 0 saturated carbocycles. The van der Waals surface area contributed by atoms with Crippen LogP contribution in [-0.2, 0) is 25.6 Å². The first kappa shape index (κ1) is 30.9. The average Bonchev–Trinajstić information content (AvgIpc) is 2.95. The Bertz CT molecular complexity index is 1380. The molecular formula is C25H33N9O7. The molecule has 2 heterocycles. The van der Waals surface area contributed by atoms with Gasteiger partial charge in [0.2, 0.25) is 11.9 Å². The summed E-state index contributed by atoms with van der Waals surface area (Å²) < 4.78 is 10.5. The maximum absolute atomic E-state index is 12.6. The van der Waals surface area contributed by atoms with Gasteiger partial charge in [-0.3, -0.25) is 19.4 Å². The summed E-state index contributed by atoms with van der Waals surface area (Å²) in [7, 11) is 0. The second-order valence-corrected chi connectivity index (χ2v) is 8.68. The van der Waals surface area contributed by atoms with Crippen LogP contribution in [0.1, 0.15) is 28.9 Å². The third kappa shape index (κ3) is 10.1. The standard InChI is InChI=1S/C25H33N9O7/c26-7-9-40-11-12-41-10-8-28-19(35)6-5-18(24(38)39)32-22(36)15-1-3-16(4-2-15)29-13-17-14-30-21-20(31-17)23(37)34-25(27)33-21/h1-4,14,18,29H,5-13,26H2,(H,28,35)(H,32,36)(H,38,39)(H3,27,30,33,34,37)/t18-/m1/s1. The van der Waals surface area contributed by atoms with Gasteiger partial charge in [0.25, 0.3) is 11.5 Å². The molecule has 41 heavy (non-hydrogen) atoms. The summed E-state index contributed by atoms with van der Waals surface area (Å²) in [5, 5.41) is 17.7. The minimum atomic E-state index is -1.25. The number of ether oxygens (including phenoxy) is 2. The van der Waals surface area contributed by atoms with Gasteiger partial charge in [-0.05, 0) is 30.7 Å². The lowest BCUT2D eigenvalue weighted by Crippen LogP contribution is -2.41. The Kier molecular flexibility index (Phi) is 11.9. The molecule has 0 bridgehead atoms. The third-order valence-electron chi connectivity index (χ3n) is 5.57. The third-order valence-corrected chi connectivity index (χ3v) is 5.57. The highest BCUT2D eigenvalue weighted by Crippen LogP contribution is 2.12. The number of nitrogens with zero attached hydrogens (tertiary/aromatic N) is 3. The molecule has 2 amide bonds. The van der Waals surface area contributed by atoms with Crippen molar-refractivity contribution in [3.8, 4) is 0 Å². The lowest BCUT2D eigenvalue weighted by Gasteiger charge is -2.15. The zero-order valence-corrected chi connectivity index (χ0v) is 22.2. The van der Waals surface area contributed by atoms with Crippen LogP contribution in [-0.4, -0.2) is 88.4 Å². The van der Waals surface area contributed by atoms with Crippen molar-refractivity contribution in [2.75, 3.05) is 50.6 Å². The van der Waals surface area contributed by atoms with Gasteiger partial charge in [0.15, 0.2) is 11.2 Å². The largest absolute Gasteiger partial charge is 0.480 e. The number of aromatic amines is 1. The van der Waals surface area contributed by atoms with Gasteiger partial charge in [-0.1, -0.05) is 0 Å². The molecular weight excluding hydrogens is 538 g/mol. The molecule has 0 radical (unpaired) electrons. The quantitative estimate of drug-likeness (QED) is 0.0959. The number of anilines is 2. The van der Waals surface area contributed by atoms with E-state index in [-0.39, 0.29) is 61.1 Å². The Labute approximate surface area is 234 Å². The van der Waals surface area contributed by atoms with E-state index in [1.165, 1.54) is 18.3 Å². The fraction of sp³-hybridized carbons (Fsp3) is 0.400. The Balaban J connectivity index is 1.42. The number of nitrogen functional groups attached to an aromatic ring is 1. The molecule has 0 aliphatic heterocycles. The Morgan fingerprint density at radius 2 is 1.78 bits per heavy atom. The van der Waals surface area contributed by atoms with Crippen molar-refractivity contribution in [1.82, 2.24) is 30.6 Å². The molecule has 0 aliphatic carbocycles. The number of nitrogens with one attached hydrogen (secondary N) is 4. The van der Waals surface area contributed by atoms with Gasteiger partial charge in [0.05, 0.1) is 44.9 Å². The Hall–Kier alpha value is -4.67. The van der Waals surface area contributed by atoms with Gasteiger partial charge < -0.3 is 42.0 Å². The molecule has 1 atom stereocenters. The number of carboxylic acids is 1. The molecule has 16 nitrogen and oxygen atoms in total. The monoisotopic (exact) mass is 571 g/mol. The van der Waals surface area contributed by atoms with Gasteiger partial charge in [0.1, 0.15) is 6.04 Å². The first-order valence-electron chi connectivity index (χ1n) is 12.8. The summed E-state index contributed by atoms with van der Waals surface area (Å²) in [6.07, 6.45) is 1.29. The molecule has 9 N–H and O–H groups in total. The lowest BCUT2D eigenvalue weighted by atomic mass is 10.1. The fourth-order valence-electron chi connectivity index (χ4n) is 3.52. The second kappa shape index (κ2) is 15.8. The zero-order chi connectivity index (χ0) is 29.6. The number of carboxylic acid groups (broad SMARTS) is 1. The van der Waals surface area contributed by atoms with E-state index in [0.29, 0.717) is 37.7 Å². The van der Waals surface area contributed by atoms with Crippen LogP contribution in [0.2, 0.25) is 0 Å². The first-order chi connectivity index (χ1) is 19.8. The van der Waals surface area contributed by atoms with E-state index >= 15 is 0 Å². The zero-order valence-electron chi connectivity index (χ0n) is 22.2. The number of rotatable bonds is 17. The topological polar surface area (TPSA) is 250 Å².